The number of hydrogen-bond donors (Lipinski definition) is 2. The van der Waals surface area contributed by atoms with E-state index in [4.69, 9.17) is 43.6 Å². The van der Waals surface area contributed by atoms with Crippen molar-refractivity contribution >= 4 is 52.3 Å². The van der Waals surface area contributed by atoms with Crippen molar-refractivity contribution in [1.82, 2.24) is 4.98 Å². The molecule has 1 aromatic heterocycles. The minimum atomic E-state index is -0.833. The van der Waals surface area contributed by atoms with Crippen molar-refractivity contribution in [2.45, 2.75) is 13.8 Å². The Labute approximate surface area is 194 Å². The molecule has 1 heterocycles. The van der Waals surface area contributed by atoms with Crippen molar-refractivity contribution in [2.24, 2.45) is 10.2 Å². The fraction of sp³-hybridized carbons (Fsp3) is 0.136. The molecule has 0 bridgehead atoms. The van der Waals surface area contributed by atoms with Crippen molar-refractivity contribution in [3.8, 4) is 11.3 Å². The van der Waals surface area contributed by atoms with Crippen LogP contribution in [0.25, 0.3) is 11.3 Å². The number of carbonyl (C=O) groups excluding carboxylic acids is 1. The third-order valence-electron chi connectivity index (χ3n) is 3.73. The maximum Gasteiger partial charge on any atom is 0.341 e. The predicted molar refractivity (Wildman–Crippen MR) is 124 cm³/mol. The number of nitrogens with two attached hydrogens (primary N) is 1. The number of nitrogen functional groups attached to an aromatic ring is 1. The molecule has 0 saturated carbocycles. The molecule has 10 heteroatoms. The number of anilines is 1. The van der Waals surface area contributed by atoms with E-state index in [0.717, 1.165) is 12.5 Å². The van der Waals surface area contributed by atoms with Crippen LogP contribution in [0.5, 0.6) is 0 Å². The first-order chi connectivity index (χ1) is 15.2. The van der Waals surface area contributed by atoms with Gasteiger partial charge in [-0.25, -0.2) is 9.78 Å². The van der Waals surface area contributed by atoms with E-state index in [1.165, 1.54) is 6.07 Å². The van der Waals surface area contributed by atoms with Gasteiger partial charge in [-0.3, -0.25) is 4.79 Å². The molecule has 3 aromatic rings. The number of ether oxygens (including phenoxy) is 1. The van der Waals surface area contributed by atoms with Gasteiger partial charge in [0, 0.05) is 22.5 Å². The second kappa shape index (κ2) is 11.8. The van der Waals surface area contributed by atoms with Crippen molar-refractivity contribution in [3.05, 3.63) is 70.2 Å². The molecule has 0 atom stereocenters. The van der Waals surface area contributed by atoms with Crippen LogP contribution >= 0.6 is 23.2 Å². The number of azo groups is 1. The second-order valence-corrected chi connectivity index (χ2v) is 7.09. The van der Waals surface area contributed by atoms with Crippen LogP contribution in [-0.2, 0) is 9.53 Å². The summed E-state index contributed by atoms with van der Waals surface area (Å²) < 4.78 is 5.04. The minimum Gasteiger partial charge on any atom is -0.481 e. The number of aromatic nitrogens is 1. The van der Waals surface area contributed by atoms with Crippen LogP contribution in [0.3, 0.4) is 0 Å². The van der Waals surface area contributed by atoms with E-state index in [2.05, 4.69) is 15.2 Å². The summed E-state index contributed by atoms with van der Waals surface area (Å²) in [6, 6.07) is 15.5. The summed E-state index contributed by atoms with van der Waals surface area (Å²) in [5, 5.41) is 17.0. The zero-order valence-electron chi connectivity index (χ0n) is 17.3. The fourth-order valence-electron chi connectivity index (χ4n) is 2.44. The molecule has 166 valence electrons. The van der Waals surface area contributed by atoms with Gasteiger partial charge < -0.3 is 15.6 Å². The van der Waals surface area contributed by atoms with E-state index in [9.17, 15) is 4.79 Å². The lowest BCUT2D eigenvalue weighted by Crippen LogP contribution is -2.09. The third kappa shape index (κ3) is 7.33. The average molecular weight is 475 g/mol. The Balaban J connectivity index is 0.000000837. The van der Waals surface area contributed by atoms with E-state index >= 15 is 0 Å². The second-order valence-electron chi connectivity index (χ2n) is 6.22. The number of hydrogen-bond acceptors (Lipinski definition) is 7. The molecular weight excluding hydrogens is 455 g/mol. The predicted octanol–water partition coefficient (Wildman–Crippen LogP) is 6.32. The van der Waals surface area contributed by atoms with Gasteiger partial charge in [0.05, 0.1) is 12.3 Å². The summed E-state index contributed by atoms with van der Waals surface area (Å²) in [7, 11) is 0. The summed E-state index contributed by atoms with van der Waals surface area (Å²) in [6.45, 7) is 3.01. The lowest BCUT2D eigenvalue weighted by atomic mass is 10.1. The molecule has 0 saturated heterocycles. The molecule has 0 aliphatic carbocycles. The number of halogens is 2. The van der Waals surface area contributed by atoms with Gasteiger partial charge in [0.25, 0.3) is 5.97 Å². The Morgan fingerprint density at radius 2 is 1.72 bits per heavy atom. The molecular formula is C22H20Cl2N4O4. The third-order valence-corrected chi connectivity index (χ3v) is 4.21. The molecule has 0 spiro atoms. The first-order valence-corrected chi connectivity index (χ1v) is 10.1. The first kappa shape index (κ1) is 24.8. The van der Waals surface area contributed by atoms with Gasteiger partial charge in [-0.2, -0.15) is 5.11 Å². The largest absolute Gasteiger partial charge is 0.481 e. The van der Waals surface area contributed by atoms with Gasteiger partial charge in [0.1, 0.15) is 22.8 Å². The number of aliphatic carboxylic acids is 1. The average Bonchev–Trinajstić information content (AvgIpc) is 2.73. The van der Waals surface area contributed by atoms with E-state index in [-0.39, 0.29) is 18.0 Å². The van der Waals surface area contributed by atoms with Gasteiger partial charge in [-0.15, -0.1) is 5.11 Å². The normalized spacial score (nSPS) is 10.4. The van der Waals surface area contributed by atoms with Crippen molar-refractivity contribution in [1.29, 1.82) is 0 Å². The van der Waals surface area contributed by atoms with E-state index in [1.54, 1.807) is 55.5 Å². The van der Waals surface area contributed by atoms with Gasteiger partial charge >= 0.3 is 5.97 Å². The van der Waals surface area contributed by atoms with E-state index < -0.39 is 11.9 Å². The molecule has 3 rings (SSSR count). The van der Waals surface area contributed by atoms with Crippen LogP contribution in [0.15, 0.2) is 64.8 Å². The molecule has 32 heavy (non-hydrogen) atoms. The van der Waals surface area contributed by atoms with Crippen LogP contribution in [0.4, 0.5) is 17.2 Å². The number of esters is 1. The monoisotopic (exact) mass is 474 g/mol. The highest BCUT2D eigenvalue weighted by atomic mass is 35.5. The summed E-state index contributed by atoms with van der Waals surface area (Å²) in [6.07, 6.45) is 0. The Hall–Kier alpha value is -3.49. The zero-order valence-corrected chi connectivity index (χ0v) is 18.8. The quantitative estimate of drug-likeness (QED) is 0.328. The van der Waals surface area contributed by atoms with E-state index in [0.29, 0.717) is 27.1 Å². The Morgan fingerprint density at radius 3 is 2.31 bits per heavy atom. The Bertz CT molecular complexity index is 1130. The summed E-state index contributed by atoms with van der Waals surface area (Å²) in [5.74, 6) is -1.36. The topological polar surface area (TPSA) is 127 Å². The zero-order chi connectivity index (χ0) is 23.7. The molecule has 0 fully saturated rings. The minimum absolute atomic E-state index is 0.0464. The molecule has 2 aromatic carbocycles. The molecule has 3 N–H and O–H groups in total. The maximum absolute atomic E-state index is 12.2. The van der Waals surface area contributed by atoms with Crippen molar-refractivity contribution < 1.29 is 19.4 Å². The van der Waals surface area contributed by atoms with E-state index in [1.807, 2.05) is 0 Å². The van der Waals surface area contributed by atoms with Crippen molar-refractivity contribution in [3.63, 3.8) is 0 Å². The fourth-order valence-corrected chi connectivity index (χ4v) is 2.75. The van der Waals surface area contributed by atoms with Crippen LogP contribution in [0.2, 0.25) is 10.0 Å². The van der Waals surface area contributed by atoms with Crippen LogP contribution in [-0.4, -0.2) is 28.6 Å². The van der Waals surface area contributed by atoms with Gasteiger partial charge in [-0.1, -0.05) is 41.4 Å². The van der Waals surface area contributed by atoms with Gasteiger partial charge in [0.15, 0.2) is 0 Å². The Morgan fingerprint density at radius 1 is 1.06 bits per heavy atom. The molecule has 0 aliphatic heterocycles. The molecule has 0 radical (unpaired) electrons. The Kier molecular flexibility index (Phi) is 9.12. The smallest absolute Gasteiger partial charge is 0.341 e. The molecule has 0 aliphatic rings. The number of nitrogens with zero attached hydrogens (tertiary/aromatic N) is 3. The number of carboxylic acid groups (broad SMARTS) is 1. The highest BCUT2D eigenvalue weighted by Crippen LogP contribution is 2.34. The number of pyridine rings is 1. The molecule has 0 unspecified atom stereocenters. The summed E-state index contributed by atoms with van der Waals surface area (Å²) >= 11 is 12.0. The molecule has 8 nitrogen and oxygen atoms in total. The molecule has 0 amide bonds. The standard InChI is InChI=1S/C20H16Cl2N4O2.C2H4O2/c1-2-28-20(27)16-11-17(26-25-15-5-3-4-14(22)10-15)18(24-19(16)23)12-6-8-13(21)9-7-12;1-2(3)4/h3-11H,2H2,1H3,(H2,23,24);1H3,(H,3,4). The SMILES string of the molecule is CC(=O)O.CCOC(=O)c1cc(N=Nc2cccc(Cl)c2)c(-c2ccc(Cl)cc2)nc1N. The number of benzene rings is 2. The number of carbonyl (C=O) groups is 2. The maximum atomic E-state index is 12.2. The lowest BCUT2D eigenvalue weighted by Gasteiger charge is -2.10. The van der Waals surface area contributed by atoms with Crippen molar-refractivity contribution in [2.75, 3.05) is 12.3 Å². The van der Waals surface area contributed by atoms with Crippen LogP contribution < -0.4 is 5.73 Å². The highest BCUT2D eigenvalue weighted by Gasteiger charge is 2.18. The van der Waals surface area contributed by atoms with Crippen LogP contribution in [0.1, 0.15) is 24.2 Å². The highest BCUT2D eigenvalue weighted by molar-refractivity contribution is 6.31. The van der Waals surface area contributed by atoms with Gasteiger partial charge in [0.2, 0.25) is 0 Å². The summed E-state index contributed by atoms with van der Waals surface area (Å²) in [5.41, 5.74) is 8.23. The van der Waals surface area contributed by atoms with Crippen LogP contribution in [0, 0.1) is 0 Å². The number of rotatable bonds is 5. The summed E-state index contributed by atoms with van der Waals surface area (Å²) in [4.78, 5) is 25.5. The number of carboxylic acids is 1. The first-order valence-electron chi connectivity index (χ1n) is 9.31. The lowest BCUT2D eigenvalue weighted by molar-refractivity contribution is -0.134. The van der Waals surface area contributed by atoms with Gasteiger partial charge in [-0.05, 0) is 43.3 Å².